The van der Waals surface area contributed by atoms with Gasteiger partial charge in [0.15, 0.2) is 0 Å². The smallest absolute Gasteiger partial charge is 0.0139 e. The van der Waals surface area contributed by atoms with Crippen molar-refractivity contribution in [3.8, 4) is 0 Å². The van der Waals surface area contributed by atoms with E-state index in [0.29, 0.717) is 6.04 Å². The zero-order chi connectivity index (χ0) is 9.84. The maximum Gasteiger partial charge on any atom is 0.0139 e. The van der Waals surface area contributed by atoms with Crippen LogP contribution in [-0.2, 0) is 0 Å². The predicted molar refractivity (Wildman–Crippen MR) is 56.8 cm³/mol. The van der Waals surface area contributed by atoms with E-state index in [-0.39, 0.29) is 0 Å². The molecular formula is C10H23N3. The third kappa shape index (κ3) is 3.63. The lowest BCUT2D eigenvalue weighted by Gasteiger charge is -2.35. The molecule has 1 fully saturated rings. The molecule has 1 heterocycles. The highest BCUT2D eigenvalue weighted by atomic mass is 15.2. The molecule has 0 bridgehead atoms. The topological polar surface area (TPSA) is 32.5 Å². The Hall–Kier alpha value is -0.120. The molecule has 0 unspecified atom stereocenters. The Morgan fingerprint density at radius 1 is 1.46 bits per heavy atom. The van der Waals surface area contributed by atoms with Gasteiger partial charge < -0.3 is 15.5 Å². The minimum atomic E-state index is 0.296. The van der Waals surface area contributed by atoms with Gasteiger partial charge in [0.05, 0.1) is 0 Å². The Kier molecular flexibility index (Phi) is 4.16. The Bertz CT molecular complexity index is 139. The summed E-state index contributed by atoms with van der Waals surface area (Å²) in [7, 11) is 4.39. The number of likely N-dealkylation sites (tertiary alicyclic amines) is 1. The lowest BCUT2D eigenvalue weighted by Crippen LogP contribution is -2.45. The Labute approximate surface area is 81.9 Å². The number of hydrogen-bond acceptors (Lipinski definition) is 3. The van der Waals surface area contributed by atoms with Crippen LogP contribution in [0.1, 0.15) is 19.8 Å². The van der Waals surface area contributed by atoms with Gasteiger partial charge in [-0.25, -0.2) is 0 Å². The summed E-state index contributed by atoms with van der Waals surface area (Å²) in [6.45, 7) is 5.56. The molecule has 1 aliphatic rings. The second-order valence-corrected chi connectivity index (χ2v) is 4.45. The van der Waals surface area contributed by atoms with Crippen molar-refractivity contribution in [1.29, 1.82) is 0 Å². The van der Waals surface area contributed by atoms with Crippen molar-refractivity contribution in [2.24, 2.45) is 5.73 Å². The van der Waals surface area contributed by atoms with Crippen molar-refractivity contribution in [3.05, 3.63) is 0 Å². The minimum Gasteiger partial charge on any atom is -0.327 e. The summed E-state index contributed by atoms with van der Waals surface area (Å²) in [6, 6.07) is 1.05. The average Bonchev–Trinajstić information content (AvgIpc) is 2.04. The predicted octanol–water partition coefficient (Wildman–Crippen LogP) is 0.360. The molecule has 0 aromatic heterocycles. The maximum absolute atomic E-state index is 5.78. The molecular weight excluding hydrogens is 162 g/mol. The largest absolute Gasteiger partial charge is 0.327 e. The van der Waals surface area contributed by atoms with Gasteiger partial charge in [-0.15, -0.1) is 0 Å². The van der Waals surface area contributed by atoms with Gasteiger partial charge in [0.1, 0.15) is 0 Å². The van der Waals surface area contributed by atoms with Crippen molar-refractivity contribution in [2.75, 3.05) is 33.7 Å². The molecule has 0 aromatic carbocycles. The van der Waals surface area contributed by atoms with E-state index < -0.39 is 0 Å². The van der Waals surface area contributed by atoms with E-state index in [4.69, 9.17) is 5.73 Å². The van der Waals surface area contributed by atoms with Crippen LogP contribution in [0.15, 0.2) is 0 Å². The third-order valence-electron chi connectivity index (χ3n) is 2.89. The Morgan fingerprint density at radius 2 is 2.00 bits per heavy atom. The summed E-state index contributed by atoms with van der Waals surface area (Å²) >= 11 is 0. The minimum absolute atomic E-state index is 0.296. The van der Waals surface area contributed by atoms with Gasteiger partial charge in [-0.3, -0.25) is 0 Å². The molecule has 0 aromatic rings. The van der Waals surface area contributed by atoms with Gasteiger partial charge in [0.2, 0.25) is 0 Å². The number of nitrogens with zero attached hydrogens (tertiary/aromatic N) is 2. The van der Waals surface area contributed by atoms with Crippen LogP contribution >= 0.6 is 0 Å². The van der Waals surface area contributed by atoms with Crippen LogP contribution in [0.4, 0.5) is 0 Å². The quantitative estimate of drug-likeness (QED) is 0.689. The van der Waals surface area contributed by atoms with Crippen molar-refractivity contribution in [3.63, 3.8) is 0 Å². The normalized spacial score (nSPS) is 23.8. The lowest BCUT2D eigenvalue weighted by molar-refractivity contribution is 0.140. The van der Waals surface area contributed by atoms with E-state index in [2.05, 4.69) is 30.8 Å². The molecule has 1 atom stereocenters. The first-order valence-electron chi connectivity index (χ1n) is 5.24. The number of piperidine rings is 1. The molecule has 3 nitrogen and oxygen atoms in total. The molecule has 3 heteroatoms. The lowest BCUT2D eigenvalue weighted by atomic mass is 10.0. The number of likely N-dealkylation sites (N-methyl/N-ethyl adjacent to an activating group) is 1. The molecule has 1 rings (SSSR count). The molecule has 1 saturated heterocycles. The first-order chi connectivity index (χ1) is 6.09. The summed E-state index contributed by atoms with van der Waals surface area (Å²) in [5.74, 6) is 0. The highest BCUT2D eigenvalue weighted by Gasteiger charge is 2.20. The molecule has 0 saturated carbocycles. The van der Waals surface area contributed by atoms with E-state index in [1.165, 1.54) is 25.9 Å². The monoisotopic (exact) mass is 185 g/mol. The van der Waals surface area contributed by atoms with Crippen LogP contribution in [0.5, 0.6) is 0 Å². The van der Waals surface area contributed by atoms with Gasteiger partial charge in [-0.1, -0.05) is 0 Å². The fraction of sp³-hybridized carbons (Fsp3) is 1.00. The van der Waals surface area contributed by atoms with E-state index >= 15 is 0 Å². The molecule has 0 aliphatic carbocycles. The van der Waals surface area contributed by atoms with Crippen molar-refractivity contribution in [2.45, 2.75) is 31.8 Å². The molecule has 0 spiro atoms. The fourth-order valence-corrected chi connectivity index (χ4v) is 2.04. The summed E-state index contributed by atoms with van der Waals surface area (Å²) in [5, 5.41) is 0. The van der Waals surface area contributed by atoms with Crippen LogP contribution in [0.2, 0.25) is 0 Å². The van der Waals surface area contributed by atoms with Gasteiger partial charge >= 0.3 is 0 Å². The highest BCUT2D eigenvalue weighted by Crippen LogP contribution is 2.13. The van der Waals surface area contributed by atoms with Crippen molar-refractivity contribution in [1.82, 2.24) is 9.80 Å². The van der Waals surface area contributed by atoms with Crippen LogP contribution in [0.3, 0.4) is 0 Å². The summed E-state index contributed by atoms with van der Waals surface area (Å²) in [4.78, 5) is 4.81. The number of hydrogen-bond donors (Lipinski definition) is 1. The maximum atomic E-state index is 5.78. The first-order valence-corrected chi connectivity index (χ1v) is 5.24. The van der Waals surface area contributed by atoms with E-state index in [9.17, 15) is 0 Å². The molecule has 0 amide bonds. The van der Waals surface area contributed by atoms with Crippen LogP contribution in [0.25, 0.3) is 0 Å². The summed E-state index contributed by atoms with van der Waals surface area (Å²) < 4.78 is 0. The fourth-order valence-electron chi connectivity index (χ4n) is 2.04. The standard InChI is InChI=1S/C10H23N3/c1-9(11)8-13(3)10-4-6-12(2)7-5-10/h9-10H,4-8,11H2,1-3H3/t9-/m0/s1. The zero-order valence-corrected chi connectivity index (χ0v) is 9.16. The van der Waals surface area contributed by atoms with Crippen LogP contribution < -0.4 is 5.73 Å². The van der Waals surface area contributed by atoms with Crippen LogP contribution in [-0.4, -0.2) is 55.6 Å². The van der Waals surface area contributed by atoms with E-state index in [1.807, 2.05) is 0 Å². The van der Waals surface area contributed by atoms with Gasteiger partial charge in [0.25, 0.3) is 0 Å². The molecule has 1 aliphatic heterocycles. The molecule has 2 N–H and O–H groups in total. The van der Waals surface area contributed by atoms with E-state index in [0.717, 1.165) is 12.6 Å². The van der Waals surface area contributed by atoms with Crippen LogP contribution in [0, 0.1) is 0 Å². The Balaban J connectivity index is 2.27. The highest BCUT2D eigenvalue weighted by molar-refractivity contribution is 4.77. The second-order valence-electron chi connectivity index (χ2n) is 4.45. The van der Waals surface area contributed by atoms with Gasteiger partial charge in [0, 0.05) is 18.6 Å². The van der Waals surface area contributed by atoms with Crippen molar-refractivity contribution >= 4 is 0 Å². The van der Waals surface area contributed by atoms with Gasteiger partial charge in [-0.05, 0) is 47.0 Å². The first kappa shape index (κ1) is 11.0. The average molecular weight is 185 g/mol. The number of rotatable bonds is 3. The molecule has 13 heavy (non-hydrogen) atoms. The SMILES string of the molecule is C[C@H](N)CN(C)C1CCN(C)CC1. The van der Waals surface area contributed by atoms with Gasteiger partial charge in [-0.2, -0.15) is 0 Å². The summed E-state index contributed by atoms with van der Waals surface area (Å²) in [6.07, 6.45) is 2.58. The molecule has 0 radical (unpaired) electrons. The summed E-state index contributed by atoms with van der Waals surface area (Å²) in [5.41, 5.74) is 5.78. The Morgan fingerprint density at radius 3 is 2.46 bits per heavy atom. The molecule has 78 valence electrons. The second kappa shape index (κ2) is 4.94. The zero-order valence-electron chi connectivity index (χ0n) is 9.16. The number of nitrogens with two attached hydrogens (primary N) is 1. The van der Waals surface area contributed by atoms with E-state index in [1.54, 1.807) is 0 Å². The van der Waals surface area contributed by atoms with Crippen molar-refractivity contribution < 1.29 is 0 Å². The third-order valence-corrected chi connectivity index (χ3v) is 2.89.